The van der Waals surface area contributed by atoms with Gasteiger partial charge >= 0.3 is 0 Å². The Balaban J connectivity index is 1.62. The second-order valence-corrected chi connectivity index (χ2v) is 9.23. The number of benzene rings is 2. The van der Waals surface area contributed by atoms with Gasteiger partial charge < -0.3 is 14.6 Å². The Morgan fingerprint density at radius 1 is 1.23 bits per heavy atom. The molecule has 1 heterocycles. The summed E-state index contributed by atoms with van der Waals surface area (Å²) in [6.45, 7) is 3.84. The average molecular weight is 530 g/mol. The van der Waals surface area contributed by atoms with Gasteiger partial charge in [-0.1, -0.05) is 57.0 Å². The van der Waals surface area contributed by atoms with Crippen molar-refractivity contribution in [2.24, 2.45) is 7.05 Å². The number of hydrogen-bond acceptors (Lipinski definition) is 5. The van der Waals surface area contributed by atoms with E-state index in [0.29, 0.717) is 32.5 Å². The van der Waals surface area contributed by atoms with E-state index in [0.717, 1.165) is 10.0 Å². The molecule has 0 saturated carbocycles. The number of aromatic nitrogens is 3. The van der Waals surface area contributed by atoms with Gasteiger partial charge in [-0.05, 0) is 49.7 Å². The first kappa shape index (κ1) is 22.9. The molecular formula is C20H19BrCl2N4O2S. The molecule has 1 amide bonds. The predicted molar refractivity (Wildman–Crippen MR) is 125 cm³/mol. The first-order valence-electron chi connectivity index (χ1n) is 8.94. The lowest BCUT2D eigenvalue weighted by Crippen LogP contribution is -2.15. The molecule has 1 atom stereocenters. The largest absolute Gasteiger partial charge is 0.481 e. The number of halogens is 3. The summed E-state index contributed by atoms with van der Waals surface area (Å²) in [6.07, 6.45) is -0.369. The van der Waals surface area contributed by atoms with Crippen LogP contribution >= 0.6 is 50.9 Å². The van der Waals surface area contributed by atoms with Crippen LogP contribution in [0.4, 0.5) is 5.69 Å². The minimum absolute atomic E-state index is 0.164. The third-order valence-corrected chi connectivity index (χ3v) is 6.30. The number of anilines is 1. The number of rotatable bonds is 7. The molecule has 30 heavy (non-hydrogen) atoms. The van der Waals surface area contributed by atoms with Crippen molar-refractivity contribution in [2.75, 3.05) is 11.1 Å². The van der Waals surface area contributed by atoms with E-state index < -0.39 is 0 Å². The van der Waals surface area contributed by atoms with Crippen molar-refractivity contribution in [1.29, 1.82) is 0 Å². The summed E-state index contributed by atoms with van der Waals surface area (Å²) in [6, 6.07) is 10.9. The van der Waals surface area contributed by atoms with Crippen molar-refractivity contribution in [2.45, 2.75) is 25.1 Å². The summed E-state index contributed by atoms with van der Waals surface area (Å²) in [5.74, 6) is 1.19. The average Bonchev–Trinajstić information content (AvgIpc) is 3.06. The van der Waals surface area contributed by atoms with Crippen molar-refractivity contribution < 1.29 is 9.53 Å². The lowest BCUT2D eigenvalue weighted by molar-refractivity contribution is -0.113. The first-order chi connectivity index (χ1) is 14.2. The van der Waals surface area contributed by atoms with E-state index in [-0.39, 0.29) is 17.8 Å². The zero-order chi connectivity index (χ0) is 21.8. The molecule has 0 aliphatic carbocycles. The van der Waals surface area contributed by atoms with Gasteiger partial charge in [0.25, 0.3) is 0 Å². The van der Waals surface area contributed by atoms with Crippen LogP contribution in [-0.2, 0) is 11.8 Å². The SMILES string of the molecule is Cc1ccc(Cl)c(OC(C)c2nnc(SCC(=O)Nc3ccc(Br)cc3Cl)n2C)c1. The number of carbonyl (C=O) groups is 1. The van der Waals surface area contributed by atoms with E-state index >= 15 is 0 Å². The standard InChI is InChI=1S/C20H19BrCl2N4O2S/c1-11-4-6-14(22)17(8-11)29-12(2)19-25-26-20(27(19)3)30-10-18(28)24-16-7-5-13(21)9-15(16)23/h4-9,12H,10H2,1-3H3,(H,24,28). The fourth-order valence-electron chi connectivity index (χ4n) is 2.66. The van der Waals surface area contributed by atoms with Crippen LogP contribution < -0.4 is 10.1 Å². The Morgan fingerprint density at radius 2 is 2.00 bits per heavy atom. The Labute approximate surface area is 197 Å². The lowest BCUT2D eigenvalue weighted by Gasteiger charge is -2.15. The molecule has 0 radical (unpaired) electrons. The maximum Gasteiger partial charge on any atom is 0.234 e. The maximum absolute atomic E-state index is 12.3. The van der Waals surface area contributed by atoms with E-state index in [2.05, 4.69) is 31.4 Å². The van der Waals surface area contributed by atoms with Gasteiger partial charge in [-0.15, -0.1) is 10.2 Å². The Morgan fingerprint density at radius 3 is 2.73 bits per heavy atom. The third-order valence-electron chi connectivity index (χ3n) is 4.16. The summed E-state index contributed by atoms with van der Waals surface area (Å²) in [7, 11) is 1.83. The highest BCUT2D eigenvalue weighted by molar-refractivity contribution is 9.10. The molecular weight excluding hydrogens is 511 g/mol. The zero-order valence-electron chi connectivity index (χ0n) is 16.4. The highest BCUT2D eigenvalue weighted by Gasteiger charge is 2.19. The maximum atomic E-state index is 12.3. The van der Waals surface area contributed by atoms with Crippen molar-refractivity contribution in [3.8, 4) is 5.75 Å². The zero-order valence-corrected chi connectivity index (χ0v) is 20.4. The van der Waals surface area contributed by atoms with Crippen LogP contribution in [0.15, 0.2) is 46.0 Å². The Hall–Kier alpha value is -1.74. The van der Waals surface area contributed by atoms with Crippen molar-refractivity contribution in [1.82, 2.24) is 14.8 Å². The van der Waals surface area contributed by atoms with Crippen molar-refractivity contribution in [3.05, 3.63) is 62.3 Å². The molecule has 3 rings (SSSR count). The van der Waals surface area contributed by atoms with Crippen LogP contribution in [0.3, 0.4) is 0 Å². The molecule has 0 spiro atoms. The van der Waals surface area contributed by atoms with Crippen LogP contribution in [0.2, 0.25) is 10.0 Å². The van der Waals surface area contributed by atoms with Crippen LogP contribution in [0, 0.1) is 6.92 Å². The second-order valence-electron chi connectivity index (χ2n) is 6.55. The van der Waals surface area contributed by atoms with E-state index in [1.54, 1.807) is 22.8 Å². The molecule has 1 unspecified atom stereocenters. The van der Waals surface area contributed by atoms with Crippen LogP contribution in [0.1, 0.15) is 24.4 Å². The van der Waals surface area contributed by atoms with Gasteiger partial charge in [-0.25, -0.2) is 0 Å². The van der Waals surface area contributed by atoms with E-state index in [4.69, 9.17) is 27.9 Å². The smallest absolute Gasteiger partial charge is 0.234 e. The third kappa shape index (κ3) is 5.69. The molecule has 10 heteroatoms. The summed E-state index contributed by atoms with van der Waals surface area (Å²) in [4.78, 5) is 12.3. The van der Waals surface area contributed by atoms with Crippen LogP contribution in [0.5, 0.6) is 5.75 Å². The fourth-order valence-corrected chi connectivity index (χ4v) is 4.26. The van der Waals surface area contributed by atoms with Gasteiger partial charge in [0.05, 0.1) is 21.5 Å². The normalized spacial score (nSPS) is 11.9. The van der Waals surface area contributed by atoms with Gasteiger partial charge in [0, 0.05) is 11.5 Å². The topological polar surface area (TPSA) is 69.0 Å². The quantitative estimate of drug-likeness (QED) is 0.376. The molecule has 0 fully saturated rings. The minimum atomic E-state index is -0.369. The molecule has 6 nitrogen and oxygen atoms in total. The number of thioether (sulfide) groups is 1. The van der Waals surface area contributed by atoms with Gasteiger partial charge in [-0.3, -0.25) is 4.79 Å². The molecule has 158 valence electrons. The van der Waals surface area contributed by atoms with Crippen molar-refractivity contribution >= 4 is 62.5 Å². The minimum Gasteiger partial charge on any atom is -0.481 e. The Bertz CT molecular complexity index is 1080. The summed E-state index contributed by atoms with van der Waals surface area (Å²) < 4.78 is 8.62. The number of nitrogens with one attached hydrogen (secondary N) is 1. The lowest BCUT2D eigenvalue weighted by atomic mass is 10.2. The van der Waals surface area contributed by atoms with Crippen LogP contribution in [0.25, 0.3) is 0 Å². The van der Waals surface area contributed by atoms with E-state index in [1.165, 1.54) is 11.8 Å². The molecule has 3 aromatic rings. The molecule has 1 aromatic heterocycles. The van der Waals surface area contributed by atoms with Gasteiger partial charge in [0.2, 0.25) is 5.91 Å². The summed E-state index contributed by atoms with van der Waals surface area (Å²) in [5, 5.41) is 12.8. The molecule has 1 N–H and O–H groups in total. The number of aryl methyl sites for hydroxylation is 1. The molecule has 2 aromatic carbocycles. The molecule has 0 bridgehead atoms. The van der Waals surface area contributed by atoms with Crippen molar-refractivity contribution in [3.63, 3.8) is 0 Å². The molecule has 0 aliphatic heterocycles. The van der Waals surface area contributed by atoms with Gasteiger partial charge in [-0.2, -0.15) is 0 Å². The van der Waals surface area contributed by atoms with Crippen LogP contribution in [-0.4, -0.2) is 26.4 Å². The van der Waals surface area contributed by atoms with Gasteiger partial charge in [0.15, 0.2) is 17.1 Å². The molecule has 0 saturated heterocycles. The highest BCUT2D eigenvalue weighted by atomic mass is 79.9. The van der Waals surface area contributed by atoms with E-state index in [1.807, 2.05) is 39.1 Å². The second kappa shape index (κ2) is 10.0. The monoisotopic (exact) mass is 528 g/mol. The fraction of sp³-hybridized carbons (Fsp3) is 0.250. The van der Waals surface area contributed by atoms with E-state index in [9.17, 15) is 4.79 Å². The number of amides is 1. The highest BCUT2D eigenvalue weighted by Crippen LogP contribution is 2.30. The van der Waals surface area contributed by atoms with Gasteiger partial charge in [0.1, 0.15) is 5.75 Å². The number of nitrogens with zero attached hydrogens (tertiary/aromatic N) is 3. The summed E-state index contributed by atoms with van der Waals surface area (Å²) >= 11 is 17.0. The Kier molecular flexibility index (Phi) is 7.68. The predicted octanol–water partition coefficient (Wildman–Crippen LogP) is 6.06. The number of ether oxygens (including phenoxy) is 1. The summed E-state index contributed by atoms with van der Waals surface area (Å²) in [5.41, 5.74) is 1.61. The first-order valence-corrected chi connectivity index (χ1v) is 11.5. The molecule has 0 aliphatic rings. The number of carbonyl (C=O) groups excluding carboxylic acids is 1. The number of hydrogen-bond donors (Lipinski definition) is 1.